The van der Waals surface area contributed by atoms with E-state index in [1.165, 1.54) is 0 Å². The van der Waals surface area contributed by atoms with Crippen molar-refractivity contribution in [2.45, 2.75) is 50.5 Å². The van der Waals surface area contributed by atoms with Gasteiger partial charge in [0.05, 0.1) is 23.4 Å². The van der Waals surface area contributed by atoms with Gasteiger partial charge in [-0.1, -0.05) is 0 Å². The molecule has 2 fully saturated rings. The fraction of sp³-hybridized carbons (Fsp3) is 0.516. The van der Waals surface area contributed by atoms with Crippen LogP contribution in [0.25, 0.3) is 22.2 Å². The lowest BCUT2D eigenvalue weighted by Crippen LogP contribution is -2.43. The average Bonchev–Trinajstić information content (AvgIpc) is 3.53. The van der Waals surface area contributed by atoms with Gasteiger partial charge < -0.3 is 25.8 Å². The van der Waals surface area contributed by atoms with Crippen LogP contribution in [-0.4, -0.2) is 77.5 Å². The molecule has 0 unspecified atom stereocenters. The number of fused-ring (bicyclic) bond motifs is 1. The van der Waals surface area contributed by atoms with Crippen LogP contribution < -0.4 is 25.8 Å². The summed E-state index contributed by atoms with van der Waals surface area (Å²) in [6.07, 6.45) is 1.89. The molecule has 46 heavy (non-hydrogen) atoms. The van der Waals surface area contributed by atoms with Gasteiger partial charge >= 0.3 is 12.2 Å². The van der Waals surface area contributed by atoms with Crippen molar-refractivity contribution < 1.29 is 35.8 Å². The van der Waals surface area contributed by atoms with Gasteiger partial charge in [0.2, 0.25) is 5.88 Å². The fourth-order valence-corrected chi connectivity index (χ4v) is 6.67. The molecule has 0 saturated carbocycles. The highest BCUT2D eigenvalue weighted by Gasteiger charge is 2.49. The van der Waals surface area contributed by atoms with Gasteiger partial charge in [0.15, 0.2) is 5.82 Å². The van der Waals surface area contributed by atoms with Crippen LogP contribution in [0.15, 0.2) is 6.07 Å². The van der Waals surface area contributed by atoms with Gasteiger partial charge in [-0.05, 0) is 50.9 Å². The van der Waals surface area contributed by atoms with Crippen LogP contribution in [0, 0.1) is 36.8 Å². The predicted molar refractivity (Wildman–Crippen MR) is 159 cm³/mol. The number of rotatable bonds is 4. The third kappa shape index (κ3) is 5.84. The van der Waals surface area contributed by atoms with Gasteiger partial charge in [0.25, 0.3) is 0 Å². The predicted octanol–water partition coefficient (Wildman–Crippen LogP) is 4.87. The Morgan fingerprint density at radius 3 is 2.76 bits per heavy atom. The van der Waals surface area contributed by atoms with Crippen LogP contribution in [0.1, 0.15) is 36.8 Å². The molecule has 0 bridgehead atoms. The summed E-state index contributed by atoms with van der Waals surface area (Å²) >= 11 is 0. The Labute approximate surface area is 261 Å². The molecule has 0 radical (unpaired) electrons. The van der Waals surface area contributed by atoms with Crippen molar-refractivity contribution in [3.8, 4) is 35.5 Å². The molecule has 2 saturated heterocycles. The second-order valence-corrected chi connectivity index (χ2v) is 12.0. The first-order valence-corrected chi connectivity index (χ1v) is 15.0. The third-order valence-corrected chi connectivity index (χ3v) is 8.91. The number of aromatic nitrogens is 3. The van der Waals surface area contributed by atoms with Crippen LogP contribution in [-0.2, 0) is 6.18 Å². The number of terminal acetylenes is 1. The zero-order chi connectivity index (χ0) is 32.8. The third-order valence-electron chi connectivity index (χ3n) is 8.91. The Balaban J connectivity index is 1.54. The van der Waals surface area contributed by atoms with Crippen LogP contribution in [0.3, 0.4) is 0 Å². The van der Waals surface area contributed by atoms with Crippen LogP contribution in [0.5, 0.6) is 11.9 Å². The number of benzene rings is 1. The topological polar surface area (TPSA) is 110 Å². The SMILES string of the molecule is C#C[C@H]1CNCCCOc2nc(-c3cc(N)c(F)c(C)c3C(F)(F)F)c(F)c3nc(OC[C@@]45CCCN4C[C@H](F)C5)nc(c23)NC1. The summed E-state index contributed by atoms with van der Waals surface area (Å²) in [5.74, 6) is -0.351. The minimum atomic E-state index is -5.08. The standard InChI is InChI=1S/C31H33F6N7O2/c1-3-17-12-39-7-5-9-45-28-21-26(24(34)25(41-28)19-10-20(38)23(33)16(2)22(19)31(35,36)37)42-29(43-27(21)40-13-17)46-15-30-6-4-8-44(30)14-18(32)11-30/h1,10,17-18,39H,4-9,11-15,38H2,2H3,(H,40,42,43)/t17-,18+,30-/m0/s1. The van der Waals surface area contributed by atoms with E-state index >= 15 is 4.39 Å². The summed E-state index contributed by atoms with van der Waals surface area (Å²) in [6.45, 7) is 3.14. The van der Waals surface area contributed by atoms with E-state index in [-0.39, 0.29) is 61.7 Å². The maximum Gasteiger partial charge on any atom is 0.417 e. The quantitative estimate of drug-likeness (QED) is 0.207. The molecule has 3 aliphatic rings. The van der Waals surface area contributed by atoms with Crippen molar-refractivity contribution in [2.75, 3.05) is 57.0 Å². The van der Waals surface area contributed by atoms with E-state index in [9.17, 15) is 22.0 Å². The highest BCUT2D eigenvalue weighted by molar-refractivity contribution is 5.96. The van der Waals surface area contributed by atoms with E-state index < -0.39 is 63.1 Å². The second kappa shape index (κ2) is 12.3. The van der Waals surface area contributed by atoms with Crippen LogP contribution in [0.2, 0.25) is 0 Å². The molecule has 6 rings (SSSR count). The first-order valence-electron chi connectivity index (χ1n) is 15.0. The van der Waals surface area contributed by atoms with Crippen molar-refractivity contribution in [3.63, 3.8) is 0 Å². The van der Waals surface area contributed by atoms with Gasteiger partial charge in [-0.25, -0.2) is 18.2 Å². The Bertz CT molecular complexity index is 1700. The van der Waals surface area contributed by atoms with Crippen molar-refractivity contribution in [1.29, 1.82) is 0 Å². The van der Waals surface area contributed by atoms with E-state index in [1.807, 2.05) is 4.90 Å². The van der Waals surface area contributed by atoms with Gasteiger partial charge in [0.1, 0.15) is 41.0 Å². The molecule has 1 aromatic carbocycles. The highest BCUT2D eigenvalue weighted by atomic mass is 19.4. The molecule has 5 heterocycles. The highest BCUT2D eigenvalue weighted by Crippen LogP contribution is 2.45. The summed E-state index contributed by atoms with van der Waals surface area (Å²) in [6, 6.07) is 0.416. The lowest BCUT2D eigenvalue weighted by molar-refractivity contribution is -0.137. The molecule has 3 aromatic rings. The second-order valence-electron chi connectivity index (χ2n) is 12.0. The number of ether oxygens (including phenoxy) is 2. The zero-order valence-electron chi connectivity index (χ0n) is 25.0. The Morgan fingerprint density at radius 2 is 2.00 bits per heavy atom. The monoisotopic (exact) mass is 649 g/mol. The zero-order valence-corrected chi connectivity index (χ0v) is 25.0. The molecular formula is C31H33F6N7O2. The number of halogens is 6. The number of hydrogen-bond acceptors (Lipinski definition) is 9. The van der Waals surface area contributed by atoms with Crippen molar-refractivity contribution in [1.82, 2.24) is 25.2 Å². The number of alkyl halides is 4. The summed E-state index contributed by atoms with van der Waals surface area (Å²) in [7, 11) is 0. The van der Waals surface area contributed by atoms with Crippen LogP contribution in [0.4, 0.5) is 37.8 Å². The number of pyridine rings is 1. The van der Waals surface area contributed by atoms with Gasteiger partial charge in [0, 0.05) is 37.5 Å². The Hall–Kier alpha value is -4.03. The molecule has 15 heteroatoms. The molecule has 0 amide bonds. The summed E-state index contributed by atoms with van der Waals surface area (Å²) in [5, 5.41) is 6.27. The number of nitrogen functional groups attached to an aromatic ring is 1. The molecule has 2 aromatic heterocycles. The number of nitrogens with zero attached hydrogens (tertiary/aromatic N) is 4. The summed E-state index contributed by atoms with van der Waals surface area (Å²) in [5.41, 5.74) is 0.279. The Kier molecular flexibility index (Phi) is 8.53. The molecule has 3 aliphatic heterocycles. The van der Waals surface area contributed by atoms with Gasteiger partial charge in [-0.3, -0.25) is 4.90 Å². The largest absolute Gasteiger partial charge is 0.477 e. The first-order chi connectivity index (χ1) is 21.9. The first kappa shape index (κ1) is 31.9. The minimum absolute atomic E-state index is 0.0180. The van der Waals surface area contributed by atoms with Crippen molar-refractivity contribution in [2.24, 2.45) is 5.92 Å². The lowest BCUT2D eigenvalue weighted by Gasteiger charge is -2.30. The van der Waals surface area contributed by atoms with E-state index in [4.69, 9.17) is 21.6 Å². The lowest BCUT2D eigenvalue weighted by atomic mass is 9.95. The number of nitrogens with one attached hydrogen (secondary N) is 2. The van der Waals surface area contributed by atoms with E-state index in [0.29, 0.717) is 38.5 Å². The molecule has 3 atom stereocenters. The smallest absolute Gasteiger partial charge is 0.417 e. The molecule has 246 valence electrons. The summed E-state index contributed by atoms with van der Waals surface area (Å²) < 4.78 is 101. The van der Waals surface area contributed by atoms with Gasteiger partial charge in [-0.2, -0.15) is 23.1 Å². The number of anilines is 2. The molecular weight excluding hydrogens is 616 g/mol. The fourth-order valence-electron chi connectivity index (χ4n) is 6.67. The number of nitrogens with two attached hydrogens (primary N) is 1. The normalized spacial score (nSPS) is 24.0. The minimum Gasteiger partial charge on any atom is -0.477 e. The maximum atomic E-state index is 16.6. The summed E-state index contributed by atoms with van der Waals surface area (Å²) in [4.78, 5) is 15.0. The molecule has 0 aliphatic carbocycles. The maximum absolute atomic E-state index is 16.6. The molecule has 4 N–H and O–H groups in total. The Morgan fingerprint density at radius 1 is 1.20 bits per heavy atom. The van der Waals surface area contributed by atoms with E-state index in [2.05, 4.69) is 31.5 Å². The van der Waals surface area contributed by atoms with Crippen molar-refractivity contribution >= 4 is 22.4 Å². The molecule has 9 nitrogen and oxygen atoms in total. The van der Waals surface area contributed by atoms with Gasteiger partial charge in [-0.15, -0.1) is 12.3 Å². The van der Waals surface area contributed by atoms with Crippen molar-refractivity contribution in [3.05, 3.63) is 28.8 Å². The average molecular weight is 650 g/mol. The number of hydrogen-bond donors (Lipinski definition) is 3. The van der Waals surface area contributed by atoms with E-state index in [0.717, 1.165) is 13.3 Å². The van der Waals surface area contributed by atoms with E-state index in [1.54, 1.807) is 0 Å². The van der Waals surface area contributed by atoms with Crippen LogP contribution >= 0.6 is 0 Å². The molecule has 0 spiro atoms.